The summed E-state index contributed by atoms with van der Waals surface area (Å²) in [4.78, 5) is 27.1. The predicted octanol–water partition coefficient (Wildman–Crippen LogP) is -1.04. The number of carbonyl (C=O) groups excluding carboxylic acids is 1. The Balaban J connectivity index is 2.31. The average molecular weight is 277 g/mol. The number of anilines is 2. The van der Waals surface area contributed by atoms with Crippen LogP contribution in [0.25, 0.3) is 5.95 Å². The number of hydrogen-bond acceptors (Lipinski definition) is 8. The third-order valence-corrected chi connectivity index (χ3v) is 2.52. The molecule has 0 spiro atoms. The first-order valence-electron chi connectivity index (χ1n) is 5.89. The summed E-state index contributed by atoms with van der Waals surface area (Å²) in [6, 6.07) is -0.611. The van der Waals surface area contributed by atoms with Crippen LogP contribution in [-0.2, 0) is 4.79 Å². The van der Waals surface area contributed by atoms with Crippen LogP contribution in [-0.4, -0.2) is 41.7 Å². The number of aromatic nitrogens is 6. The number of rotatable bonds is 5. The molecule has 10 nitrogen and oxygen atoms in total. The van der Waals surface area contributed by atoms with Gasteiger partial charge in [-0.3, -0.25) is 4.79 Å². The fraction of sp³-hybridized carbons (Fsp3) is 0.400. The van der Waals surface area contributed by atoms with Gasteiger partial charge in [-0.05, 0) is 5.92 Å². The molecule has 0 saturated carbocycles. The van der Waals surface area contributed by atoms with Gasteiger partial charge in [-0.15, -0.1) is 0 Å². The molecule has 0 saturated heterocycles. The van der Waals surface area contributed by atoms with E-state index in [1.807, 2.05) is 13.8 Å². The summed E-state index contributed by atoms with van der Waals surface area (Å²) in [5, 5.41) is 6.74. The first-order valence-corrected chi connectivity index (χ1v) is 5.89. The molecule has 2 aromatic heterocycles. The van der Waals surface area contributed by atoms with Crippen molar-refractivity contribution in [3.63, 3.8) is 0 Å². The number of nitrogens with one attached hydrogen (secondary N) is 1. The Morgan fingerprint density at radius 3 is 2.65 bits per heavy atom. The van der Waals surface area contributed by atoms with Gasteiger partial charge in [0.25, 0.3) is 5.95 Å². The lowest BCUT2D eigenvalue weighted by molar-refractivity contribution is -0.119. The van der Waals surface area contributed by atoms with Crippen molar-refractivity contribution < 1.29 is 4.79 Å². The summed E-state index contributed by atoms with van der Waals surface area (Å²) in [5.41, 5.74) is 10.9. The lowest BCUT2D eigenvalue weighted by Crippen LogP contribution is -2.40. The van der Waals surface area contributed by atoms with Crippen molar-refractivity contribution in [1.29, 1.82) is 0 Å². The summed E-state index contributed by atoms with van der Waals surface area (Å²) in [6.45, 7) is 3.70. The number of carbonyl (C=O) groups is 1. The standard InChI is InChI=1S/C10H15N9O/c1-5(2)6(7(11)20)15-9-16-8(12)17-10(18-9)19-4-13-3-14-19/h3-6H,1-2H3,(H2,11,20)(H3,12,15,16,17,18). The number of hydrogen-bond donors (Lipinski definition) is 3. The van der Waals surface area contributed by atoms with Crippen LogP contribution in [0, 0.1) is 5.92 Å². The molecule has 2 aromatic rings. The molecule has 106 valence electrons. The number of nitrogens with zero attached hydrogens (tertiary/aromatic N) is 6. The first-order chi connectivity index (χ1) is 9.47. The van der Waals surface area contributed by atoms with Gasteiger partial charge in [0.05, 0.1) is 0 Å². The molecule has 0 aliphatic carbocycles. The van der Waals surface area contributed by atoms with E-state index < -0.39 is 11.9 Å². The van der Waals surface area contributed by atoms with Crippen molar-refractivity contribution in [3.8, 4) is 5.95 Å². The molecule has 0 radical (unpaired) electrons. The lowest BCUT2D eigenvalue weighted by Gasteiger charge is -2.18. The van der Waals surface area contributed by atoms with Gasteiger partial charge in [0.1, 0.15) is 18.7 Å². The predicted molar refractivity (Wildman–Crippen MR) is 70.6 cm³/mol. The molecule has 1 unspecified atom stereocenters. The molecular weight excluding hydrogens is 262 g/mol. The molecule has 20 heavy (non-hydrogen) atoms. The van der Waals surface area contributed by atoms with Crippen LogP contribution in [0.1, 0.15) is 13.8 Å². The molecule has 0 aliphatic rings. The fourth-order valence-corrected chi connectivity index (χ4v) is 1.56. The zero-order valence-corrected chi connectivity index (χ0v) is 11.1. The molecule has 1 amide bonds. The molecule has 2 rings (SSSR count). The second-order valence-electron chi connectivity index (χ2n) is 4.43. The lowest BCUT2D eigenvalue weighted by atomic mass is 10.0. The molecule has 0 bridgehead atoms. The van der Waals surface area contributed by atoms with E-state index in [1.165, 1.54) is 17.3 Å². The van der Waals surface area contributed by atoms with Crippen molar-refractivity contribution in [1.82, 2.24) is 29.7 Å². The summed E-state index contributed by atoms with van der Waals surface area (Å²) in [7, 11) is 0. The summed E-state index contributed by atoms with van der Waals surface area (Å²) >= 11 is 0. The fourth-order valence-electron chi connectivity index (χ4n) is 1.56. The van der Waals surface area contributed by atoms with Crippen LogP contribution < -0.4 is 16.8 Å². The Morgan fingerprint density at radius 2 is 2.10 bits per heavy atom. The highest BCUT2D eigenvalue weighted by Crippen LogP contribution is 2.11. The Kier molecular flexibility index (Phi) is 3.73. The third-order valence-electron chi connectivity index (χ3n) is 2.52. The van der Waals surface area contributed by atoms with Crippen LogP contribution in [0.5, 0.6) is 0 Å². The van der Waals surface area contributed by atoms with E-state index in [4.69, 9.17) is 11.5 Å². The summed E-state index contributed by atoms with van der Waals surface area (Å²) < 4.78 is 1.33. The van der Waals surface area contributed by atoms with E-state index >= 15 is 0 Å². The molecule has 0 aromatic carbocycles. The van der Waals surface area contributed by atoms with E-state index in [9.17, 15) is 4.79 Å². The van der Waals surface area contributed by atoms with Crippen molar-refractivity contribution in [2.24, 2.45) is 11.7 Å². The van der Waals surface area contributed by atoms with Gasteiger partial charge in [-0.1, -0.05) is 13.8 Å². The topological polar surface area (TPSA) is 151 Å². The molecule has 10 heteroatoms. The SMILES string of the molecule is CC(C)C(Nc1nc(N)nc(-n2cncn2)n1)C(N)=O. The highest BCUT2D eigenvalue weighted by molar-refractivity contribution is 5.82. The van der Waals surface area contributed by atoms with Gasteiger partial charge in [-0.2, -0.15) is 24.7 Å². The van der Waals surface area contributed by atoms with Crippen LogP contribution in [0.3, 0.4) is 0 Å². The van der Waals surface area contributed by atoms with Crippen molar-refractivity contribution in [2.75, 3.05) is 11.1 Å². The Hall–Kier alpha value is -2.78. The number of primary amides is 1. The maximum atomic E-state index is 11.4. The summed E-state index contributed by atoms with van der Waals surface area (Å²) in [6.07, 6.45) is 2.76. The zero-order chi connectivity index (χ0) is 14.7. The van der Waals surface area contributed by atoms with Crippen LogP contribution in [0.4, 0.5) is 11.9 Å². The van der Waals surface area contributed by atoms with Gasteiger partial charge in [0.2, 0.25) is 17.8 Å². The van der Waals surface area contributed by atoms with Gasteiger partial charge in [-0.25, -0.2) is 4.98 Å². The number of nitrogen functional groups attached to an aromatic ring is 1. The van der Waals surface area contributed by atoms with Crippen molar-refractivity contribution in [3.05, 3.63) is 12.7 Å². The molecule has 0 aliphatic heterocycles. The maximum absolute atomic E-state index is 11.4. The van der Waals surface area contributed by atoms with Crippen molar-refractivity contribution in [2.45, 2.75) is 19.9 Å². The van der Waals surface area contributed by atoms with E-state index in [0.717, 1.165) is 0 Å². The highest BCUT2D eigenvalue weighted by Gasteiger charge is 2.21. The van der Waals surface area contributed by atoms with Crippen molar-refractivity contribution >= 4 is 17.8 Å². The van der Waals surface area contributed by atoms with Gasteiger partial charge in [0, 0.05) is 0 Å². The van der Waals surface area contributed by atoms with Crippen LogP contribution in [0.15, 0.2) is 12.7 Å². The minimum absolute atomic E-state index is 0.0000217. The van der Waals surface area contributed by atoms with Crippen LogP contribution in [0.2, 0.25) is 0 Å². The monoisotopic (exact) mass is 277 g/mol. The van der Waals surface area contributed by atoms with E-state index in [2.05, 4.69) is 30.4 Å². The second-order valence-corrected chi connectivity index (χ2v) is 4.43. The Morgan fingerprint density at radius 1 is 1.35 bits per heavy atom. The second kappa shape index (κ2) is 5.47. The van der Waals surface area contributed by atoms with E-state index in [-0.39, 0.29) is 23.8 Å². The molecule has 1 atom stereocenters. The van der Waals surface area contributed by atoms with E-state index in [1.54, 1.807) is 0 Å². The molecule has 2 heterocycles. The number of amides is 1. The largest absolute Gasteiger partial charge is 0.368 e. The quantitative estimate of drug-likeness (QED) is 0.626. The minimum Gasteiger partial charge on any atom is -0.368 e. The smallest absolute Gasteiger partial charge is 0.258 e. The number of nitrogens with two attached hydrogens (primary N) is 2. The van der Waals surface area contributed by atoms with Gasteiger partial charge < -0.3 is 16.8 Å². The normalized spacial score (nSPS) is 12.3. The third kappa shape index (κ3) is 2.96. The van der Waals surface area contributed by atoms with E-state index in [0.29, 0.717) is 0 Å². The van der Waals surface area contributed by atoms with Gasteiger partial charge >= 0.3 is 0 Å². The Labute approximate surface area is 114 Å². The molecule has 5 N–H and O–H groups in total. The summed E-state index contributed by atoms with van der Waals surface area (Å²) in [5.74, 6) is -0.174. The Bertz CT molecular complexity index is 595. The molecule has 0 fully saturated rings. The average Bonchev–Trinajstić information content (AvgIpc) is 2.88. The van der Waals surface area contributed by atoms with Gasteiger partial charge in [0.15, 0.2) is 0 Å². The first kappa shape index (κ1) is 13.6. The highest BCUT2D eigenvalue weighted by atomic mass is 16.1. The maximum Gasteiger partial charge on any atom is 0.258 e. The minimum atomic E-state index is -0.611. The van der Waals surface area contributed by atoms with Crippen LogP contribution >= 0.6 is 0 Å². The zero-order valence-electron chi connectivity index (χ0n) is 11.1. The molecular formula is C10H15N9O.